The van der Waals surface area contributed by atoms with Gasteiger partial charge >= 0.3 is 17.6 Å². The van der Waals surface area contributed by atoms with Crippen LogP contribution in [-0.4, -0.2) is 39.9 Å². The second kappa shape index (κ2) is 7.00. The van der Waals surface area contributed by atoms with Gasteiger partial charge in [-0.25, -0.2) is 4.79 Å². The molecule has 1 saturated heterocycles. The number of esters is 2. The Kier molecular flexibility index (Phi) is 5.23. The number of carbonyl (C=O) groups is 2. The predicted octanol–water partition coefficient (Wildman–Crippen LogP) is -0.362. The fraction of sp³-hybridized carbons (Fsp3) is 0.600. The third kappa shape index (κ3) is 3.73. The minimum atomic E-state index is -0.729. The molecule has 0 N–H and O–H groups in total. The smallest absolute Gasteiger partial charge is 0.332 e. The van der Waals surface area contributed by atoms with E-state index in [-0.39, 0.29) is 18.6 Å². The number of rotatable bonds is 4. The molecule has 2 rings (SSSR count). The highest BCUT2D eigenvalue weighted by atomic mass is 16.6. The average Bonchev–Trinajstić information content (AvgIpc) is 2.88. The fourth-order valence-corrected chi connectivity index (χ4v) is 2.61. The van der Waals surface area contributed by atoms with Crippen LogP contribution in [0, 0.1) is 6.92 Å². The zero-order chi connectivity index (χ0) is 18.0. The lowest BCUT2D eigenvalue weighted by atomic mass is 10.2. The summed E-state index contributed by atoms with van der Waals surface area (Å²) in [4.78, 5) is 46.3. The van der Waals surface area contributed by atoms with Crippen molar-refractivity contribution < 1.29 is 23.8 Å². The molecule has 9 heteroatoms. The van der Waals surface area contributed by atoms with Crippen molar-refractivity contribution in [2.75, 3.05) is 6.61 Å². The molecule has 1 aliphatic rings. The first-order chi connectivity index (χ1) is 11.2. The zero-order valence-corrected chi connectivity index (χ0v) is 14.0. The van der Waals surface area contributed by atoms with Crippen molar-refractivity contribution in [1.29, 1.82) is 0 Å². The monoisotopic (exact) mass is 340 g/mol. The van der Waals surface area contributed by atoms with E-state index in [0.717, 1.165) is 4.57 Å². The summed E-state index contributed by atoms with van der Waals surface area (Å²) in [6.45, 7) is 4.02. The normalized spacial score (nSPS) is 23.1. The van der Waals surface area contributed by atoms with Crippen LogP contribution in [0.1, 0.15) is 32.1 Å². The molecular formula is C15H20N2O7. The number of carbonyl (C=O) groups excluding carboxylic acids is 2. The molecule has 132 valence electrons. The van der Waals surface area contributed by atoms with Crippen molar-refractivity contribution >= 4 is 11.9 Å². The number of hydrogen-bond donors (Lipinski definition) is 0. The molecule has 1 unspecified atom stereocenters. The first kappa shape index (κ1) is 17.9. The molecule has 0 radical (unpaired) electrons. The zero-order valence-electron chi connectivity index (χ0n) is 14.0. The van der Waals surface area contributed by atoms with E-state index in [1.54, 1.807) is 6.92 Å². The first-order valence-corrected chi connectivity index (χ1v) is 7.45. The molecule has 0 aromatic carbocycles. The molecule has 24 heavy (non-hydrogen) atoms. The van der Waals surface area contributed by atoms with E-state index in [9.17, 15) is 19.2 Å². The first-order valence-electron chi connectivity index (χ1n) is 7.45. The minimum Gasteiger partial charge on any atom is -0.463 e. The summed E-state index contributed by atoms with van der Waals surface area (Å²) in [6, 6.07) is 0. The van der Waals surface area contributed by atoms with Crippen LogP contribution in [0.2, 0.25) is 0 Å². The van der Waals surface area contributed by atoms with Crippen LogP contribution in [0.15, 0.2) is 15.8 Å². The van der Waals surface area contributed by atoms with Crippen molar-refractivity contribution in [3.63, 3.8) is 0 Å². The molecule has 1 aromatic heterocycles. The van der Waals surface area contributed by atoms with Crippen molar-refractivity contribution in [3.05, 3.63) is 32.6 Å². The van der Waals surface area contributed by atoms with E-state index >= 15 is 0 Å². The summed E-state index contributed by atoms with van der Waals surface area (Å²) in [6.07, 6.45) is -0.450. The Morgan fingerprint density at radius 2 is 1.96 bits per heavy atom. The van der Waals surface area contributed by atoms with Gasteiger partial charge < -0.3 is 14.2 Å². The molecular weight excluding hydrogens is 320 g/mol. The molecule has 1 fully saturated rings. The Morgan fingerprint density at radius 1 is 1.29 bits per heavy atom. The van der Waals surface area contributed by atoms with E-state index in [1.165, 1.54) is 31.7 Å². The van der Waals surface area contributed by atoms with E-state index in [0.29, 0.717) is 5.56 Å². The molecule has 2 heterocycles. The summed E-state index contributed by atoms with van der Waals surface area (Å²) in [7, 11) is 1.38. The summed E-state index contributed by atoms with van der Waals surface area (Å²) in [5.74, 6) is -0.986. The highest BCUT2D eigenvalue weighted by Gasteiger charge is 2.39. The molecule has 0 spiro atoms. The van der Waals surface area contributed by atoms with Crippen LogP contribution in [0.5, 0.6) is 0 Å². The topological polar surface area (TPSA) is 106 Å². The van der Waals surface area contributed by atoms with Crippen molar-refractivity contribution in [3.8, 4) is 0 Å². The average molecular weight is 340 g/mol. The number of hydrogen-bond acceptors (Lipinski definition) is 7. The lowest BCUT2D eigenvalue weighted by molar-refractivity contribution is -0.155. The Bertz CT molecular complexity index is 764. The molecule has 1 aromatic rings. The SMILES string of the molecule is CC(=O)OC[C@H]1O[C@@H](n2cc(C)c(=O)n(C)c2=O)CC1OC(C)=O. The van der Waals surface area contributed by atoms with Gasteiger partial charge in [0, 0.05) is 39.1 Å². The molecule has 0 amide bonds. The van der Waals surface area contributed by atoms with Crippen molar-refractivity contribution in [1.82, 2.24) is 9.13 Å². The van der Waals surface area contributed by atoms with Crippen molar-refractivity contribution in [2.45, 2.75) is 45.6 Å². The van der Waals surface area contributed by atoms with Gasteiger partial charge in [0.2, 0.25) is 0 Å². The minimum absolute atomic E-state index is 0.0940. The Labute approximate surface area is 137 Å². The number of ether oxygens (including phenoxy) is 3. The van der Waals surface area contributed by atoms with Crippen molar-refractivity contribution in [2.24, 2.45) is 7.05 Å². The van der Waals surface area contributed by atoms with Gasteiger partial charge in [0.1, 0.15) is 25.0 Å². The summed E-state index contributed by atoms with van der Waals surface area (Å²) in [5.41, 5.74) is -0.541. The van der Waals surface area contributed by atoms with E-state index in [1.807, 2.05) is 0 Å². The lowest BCUT2D eigenvalue weighted by Crippen LogP contribution is -2.40. The van der Waals surface area contributed by atoms with Gasteiger partial charge in [-0.1, -0.05) is 0 Å². The highest BCUT2D eigenvalue weighted by molar-refractivity contribution is 5.66. The van der Waals surface area contributed by atoms with Gasteiger partial charge in [-0.3, -0.25) is 23.5 Å². The molecule has 3 atom stereocenters. The fourth-order valence-electron chi connectivity index (χ4n) is 2.61. The van der Waals surface area contributed by atoms with Crippen LogP contribution in [0.25, 0.3) is 0 Å². The molecule has 0 aliphatic carbocycles. The van der Waals surface area contributed by atoms with Crippen LogP contribution < -0.4 is 11.2 Å². The second-order valence-electron chi connectivity index (χ2n) is 5.68. The van der Waals surface area contributed by atoms with Crippen LogP contribution in [0.4, 0.5) is 0 Å². The maximum atomic E-state index is 12.3. The van der Waals surface area contributed by atoms with Crippen LogP contribution in [0.3, 0.4) is 0 Å². The van der Waals surface area contributed by atoms with E-state index < -0.39 is 36.1 Å². The third-order valence-electron chi connectivity index (χ3n) is 3.74. The molecule has 9 nitrogen and oxygen atoms in total. The molecule has 0 saturated carbocycles. The van der Waals surface area contributed by atoms with Crippen LogP contribution in [-0.2, 0) is 30.8 Å². The van der Waals surface area contributed by atoms with E-state index in [2.05, 4.69) is 0 Å². The van der Waals surface area contributed by atoms with Crippen LogP contribution >= 0.6 is 0 Å². The molecule has 0 bridgehead atoms. The number of nitrogens with zero attached hydrogens (tertiary/aromatic N) is 2. The quantitative estimate of drug-likeness (QED) is 0.689. The van der Waals surface area contributed by atoms with Gasteiger partial charge in [-0.15, -0.1) is 0 Å². The Morgan fingerprint density at radius 3 is 2.54 bits per heavy atom. The largest absolute Gasteiger partial charge is 0.463 e. The lowest BCUT2D eigenvalue weighted by Gasteiger charge is -2.18. The predicted molar refractivity (Wildman–Crippen MR) is 81.4 cm³/mol. The maximum absolute atomic E-state index is 12.3. The number of aromatic nitrogens is 2. The van der Waals surface area contributed by atoms with Gasteiger partial charge in [0.05, 0.1) is 0 Å². The van der Waals surface area contributed by atoms with Gasteiger partial charge in [-0.2, -0.15) is 0 Å². The summed E-state index contributed by atoms with van der Waals surface area (Å²) >= 11 is 0. The van der Waals surface area contributed by atoms with E-state index in [4.69, 9.17) is 14.2 Å². The maximum Gasteiger partial charge on any atom is 0.332 e. The Hall–Kier alpha value is -2.42. The Balaban J connectivity index is 2.29. The summed E-state index contributed by atoms with van der Waals surface area (Å²) < 4.78 is 18.1. The molecule has 1 aliphatic heterocycles. The van der Waals surface area contributed by atoms with Gasteiger partial charge in [0.15, 0.2) is 0 Å². The summed E-state index contributed by atoms with van der Waals surface area (Å²) in [5, 5.41) is 0. The van der Waals surface area contributed by atoms with Gasteiger partial charge in [-0.05, 0) is 6.92 Å². The second-order valence-corrected chi connectivity index (χ2v) is 5.68. The standard InChI is InChI=1S/C15H20N2O7/c1-8-6-17(15(21)16(4)14(8)20)13-5-11(23-10(3)19)12(24-13)7-22-9(2)18/h6,11-13H,5,7H2,1-4H3/t11?,12-,13-/m1/s1. The number of aryl methyl sites for hydroxylation is 1. The third-order valence-corrected chi connectivity index (χ3v) is 3.74. The van der Waals surface area contributed by atoms with Gasteiger partial charge in [0.25, 0.3) is 5.56 Å². The highest BCUT2D eigenvalue weighted by Crippen LogP contribution is 2.30.